The number of halogens is 1. The van der Waals surface area contributed by atoms with E-state index in [1.807, 2.05) is 13.8 Å². The third-order valence-electron chi connectivity index (χ3n) is 3.52. The summed E-state index contributed by atoms with van der Waals surface area (Å²) in [5, 5.41) is 8.06. The molecular formula is C17H22ClN5O. The van der Waals surface area contributed by atoms with Crippen LogP contribution >= 0.6 is 11.6 Å². The molecule has 3 heterocycles. The van der Waals surface area contributed by atoms with Crippen LogP contribution in [0.1, 0.15) is 31.9 Å². The zero-order chi connectivity index (χ0) is 17.7. The highest BCUT2D eigenvalue weighted by Crippen LogP contribution is 2.19. The maximum atomic E-state index is 11.4. The van der Waals surface area contributed by atoms with Crippen LogP contribution in [0.2, 0.25) is 5.15 Å². The fourth-order valence-electron chi connectivity index (χ4n) is 2.30. The molecule has 0 saturated heterocycles. The smallest absolute Gasteiger partial charge is 0.250 e. The molecule has 0 amide bonds. The Balaban J connectivity index is 0.00000100. The van der Waals surface area contributed by atoms with Gasteiger partial charge in [-0.15, -0.1) is 0 Å². The van der Waals surface area contributed by atoms with Crippen molar-refractivity contribution in [2.45, 2.75) is 33.7 Å². The summed E-state index contributed by atoms with van der Waals surface area (Å²) in [6.07, 6.45) is 4.45. The van der Waals surface area contributed by atoms with Crippen molar-refractivity contribution in [3.63, 3.8) is 0 Å². The summed E-state index contributed by atoms with van der Waals surface area (Å²) in [5.74, 6) is 0.767. The second kappa shape index (κ2) is 7.97. The number of aromatic nitrogens is 4. The van der Waals surface area contributed by atoms with Crippen LogP contribution in [-0.2, 0) is 20.0 Å². The number of rotatable bonds is 4. The average molecular weight is 348 g/mol. The molecule has 0 aliphatic rings. The highest BCUT2D eigenvalue weighted by molar-refractivity contribution is 6.29. The van der Waals surface area contributed by atoms with Crippen LogP contribution < -0.4 is 10.9 Å². The topological polar surface area (TPSA) is 64.2 Å². The highest BCUT2D eigenvalue weighted by atomic mass is 35.5. The summed E-state index contributed by atoms with van der Waals surface area (Å²) in [6.45, 7) is 6.61. The molecule has 0 atom stereocenters. The highest BCUT2D eigenvalue weighted by Gasteiger charge is 2.09. The Morgan fingerprint density at radius 1 is 1.29 bits per heavy atom. The van der Waals surface area contributed by atoms with Gasteiger partial charge in [-0.2, -0.15) is 9.61 Å². The van der Waals surface area contributed by atoms with Crippen molar-refractivity contribution in [1.29, 1.82) is 0 Å². The molecule has 24 heavy (non-hydrogen) atoms. The number of nitrogens with zero attached hydrogens (tertiary/aromatic N) is 4. The van der Waals surface area contributed by atoms with E-state index in [9.17, 15) is 4.79 Å². The normalized spacial score (nSPS) is 10.4. The molecule has 0 aliphatic heterocycles. The number of anilines is 1. The van der Waals surface area contributed by atoms with Crippen molar-refractivity contribution in [3.05, 3.63) is 57.2 Å². The number of hydrogen-bond donors (Lipinski definition) is 1. The summed E-state index contributed by atoms with van der Waals surface area (Å²) in [4.78, 5) is 15.7. The fourth-order valence-corrected chi connectivity index (χ4v) is 2.49. The maximum Gasteiger partial charge on any atom is 0.250 e. The monoisotopic (exact) mass is 347 g/mol. The number of fused-ring (bicyclic) bond motifs is 1. The lowest BCUT2D eigenvalue weighted by Gasteiger charge is -2.10. The Hall–Kier alpha value is -2.34. The van der Waals surface area contributed by atoms with Gasteiger partial charge in [-0.05, 0) is 12.0 Å². The van der Waals surface area contributed by atoms with E-state index in [0.717, 1.165) is 29.0 Å². The Morgan fingerprint density at radius 2 is 2.04 bits per heavy atom. The number of hydrogen-bond acceptors (Lipinski definition) is 4. The summed E-state index contributed by atoms with van der Waals surface area (Å²) in [6, 6.07) is 5.09. The molecule has 3 aromatic rings. The largest absolute Gasteiger partial charge is 0.366 e. The van der Waals surface area contributed by atoms with E-state index in [1.165, 1.54) is 0 Å². The van der Waals surface area contributed by atoms with Crippen LogP contribution in [-0.4, -0.2) is 19.2 Å². The first-order valence-corrected chi connectivity index (χ1v) is 8.39. The molecule has 0 fully saturated rings. The molecule has 128 valence electrons. The zero-order valence-corrected chi connectivity index (χ0v) is 15.1. The van der Waals surface area contributed by atoms with E-state index in [0.29, 0.717) is 11.7 Å². The molecule has 0 aromatic carbocycles. The van der Waals surface area contributed by atoms with Gasteiger partial charge in [-0.3, -0.25) is 4.79 Å². The molecule has 0 saturated carbocycles. The van der Waals surface area contributed by atoms with Crippen LogP contribution in [0, 0.1) is 0 Å². The standard InChI is InChI=1S/C15H16ClN5O.C2H6/c1-3-11-8-18-21-13(6-12(16)19-15(11)21)17-7-10-4-5-14(22)20(2)9-10;1-2/h4-6,8-9,17H,3,7H2,1-2H3;1-2H3. The van der Waals surface area contributed by atoms with Gasteiger partial charge in [-0.1, -0.05) is 38.4 Å². The van der Waals surface area contributed by atoms with E-state index in [4.69, 9.17) is 11.6 Å². The van der Waals surface area contributed by atoms with Crippen molar-refractivity contribution >= 4 is 23.1 Å². The van der Waals surface area contributed by atoms with Gasteiger partial charge in [0.15, 0.2) is 5.65 Å². The molecule has 3 aromatic heterocycles. The minimum Gasteiger partial charge on any atom is -0.366 e. The van der Waals surface area contributed by atoms with Crippen molar-refractivity contribution in [2.24, 2.45) is 7.05 Å². The minimum atomic E-state index is -0.0299. The van der Waals surface area contributed by atoms with Gasteiger partial charge in [-0.25, -0.2) is 4.98 Å². The average Bonchev–Trinajstić information content (AvgIpc) is 3.00. The first-order chi connectivity index (χ1) is 11.6. The zero-order valence-electron chi connectivity index (χ0n) is 14.4. The Bertz CT molecular complexity index is 884. The molecule has 6 nitrogen and oxygen atoms in total. The lowest BCUT2D eigenvalue weighted by atomic mass is 10.2. The summed E-state index contributed by atoms with van der Waals surface area (Å²) >= 11 is 6.10. The van der Waals surface area contributed by atoms with E-state index >= 15 is 0 Å². The minimum absolute atomic E-state index is 0.0299. The van der Waals surface area contributed by atoms with Crippen LogP contribution in [0.3, 0.4) is 0 Å². The SMILES string of the molecule is CC.CCc1cnn2c(NCc3ccc(=O)n(C)c3)cc(Cl)nc12. The van der Waals surface area contributed by atoms with Gasteiger partial charge < -0.3 is 9.88 Å². The lowest BCUT2D eigenvalue weighted by Crippen LogP contribution is -2.16. The quantitative estimate of drug-likeness (QED) is 0.735. The third-order valence-corrected chi connectivity index (χ3v) is 3.71. The number of aryl methyl sites for hydroxylation is 2. The van der Waals surface area contributed by atoms with Gasteiger partial charge >= 0.3 is 0 Å². The summed E-state index contributed by atoms with van der Waals surface area (Å²) in [5.41, 5.74) is 2.77. The van der Waals surface area contributed by atoms with Crippen LogP contribution in [0.4, 0.5) is 5.82 Å². The Kier molecular flexibility index (Phi) is 5.98. The number of nitrogens with one attached hydrogen (secondary N) is 1. The van der Waals surface area contributed by atoms with Crippen LogP contribution in [0.15, 0.2) is 35.4 Å². The Labute approximate surface area is 146 Å². The molecular weight excluding hydrogens is 326 g/mol. The van der Waals surface area contributed by atoms with Crippen LogP contribution in [0.25, 0.3) is 5.65 Å². The molecule has 0 aliphatic carbocycles. The van der Waals surface area contributed by atoms with E-state index in [1.54, 1.807) is 46.7 Å². The van der Waals surface area contributed by atoms with Gasteiger partial charge in [0.1, 0.15) is 11.0 Å². The van der Waals surface area contributed by atoms with E-state index in [2.05, 4.69) is 22.3 Å². The first-order valence-electron chi connectivity index (χ1n) is 8.01. The van der Waals surface area contributed by atoms with E-state index in [-0.39, 0.29) is 5.56 Å². The van der Waals surface area contributed by atoms with Crippen molar-refractivity contribution in [3.8, 4) is 0 Å². The maximum absolute atomic E-state index is 11.4. The molecule has 0 radical (unpaired) electrons. The summed E-state index contributed by atoms with van der Waals surface area (Å²) in [7, 11) is 1.73. The second-order valence-corrected chi connectivity index (χ2v) is 5.45. The lowest BCUT2D eigenvalue weighted by molar-refractivity contribution is 0.840. The van der Waals surface area contributed by atoms with Gasteiger partial charge in [0.05, 0.1) is 6.20 Å². The molecule has 0 unspecified atom stereocenters. The van der Waals surface area contributed by atoms with Crippen molar-refractivity contribution in [1.82, 2.24) is 19.2 Å². The molecule has 1 N–H and O–H groups in total. The van der Waals surface area contributed by atoms with E-state index < -0.39 is 0 Å². The van der Waals surface area contributed by atoms with Crippen molar-refractivity contribution in [2.75, 3.05) is 5.32 Å². The predicted octanol–water partition coefficient (Wildman–Crippen LogP) is 3.28. The summed E-state index contributed by atoms with van der Waals surface area (Å²) < 4.78 is 3.29. The predicted molar refractivity (Wildman–Crippen MR) is 97.7 cm³/mol. The van der Waals surface area contributed by atoms with Gasteiger partial charge in [0.25, 0.3) is 0 Å². The molecule has 0 spiro atoms. The third kappa shape index (κ3) is 3.76. The molecule has 3 rings (SSSR count). The Morgan fingerprint density at radius 3 is 2.71 bits per heavy atom. The molecule has 0 bridgehead atoms. The van der Waals surface area contributed by atoms with Crippen molar-refractivity contribution < 1.29 is 0 Å². The number of pyridine rings is 1. The van der Waals surface area contributed by atoms with Gasteiger partial charge in [0.2, 0.25) is 5.56 Å². The van der Waals surface area contributed by atoms with Crippen LogP contribution in [0.5, 0.6) is 0 Å². The van der Waals surface area contributed by atoms with Gasteiger partial charge in [0, 0.05) is 37.5 Å². The second-order valence-electron chi connectivity index (χ2n) is 5.06. The fraction of sp³-hybridized carbons (Fsp3) is 0.353. The first kappa shape index (κ1) is 18.0. The molecule has 7 heteroatoms.